The smallest absolute Gasteiger partial charge is 0.186 e. The van der Waals surface area contributed by atoms with Crippen LogP contribution in [-0.4, -0.2) is 28.1 Å². The van der Waals surface area contributed by atoms with Gasteiger partial charge in [-0.15, -0.1) is 0 Å². The number of oxazole rings is 1. The number of benzene rings is 1. The first kappa shape index (κ1) is 16.8. The van der Waals surface area contributed by atoms with Crippen molar-refractivity contribution >= 4 is 28.8 Å². The van der Waals surface area contributed by atoms with E-state index in [-0.39, 0.29) is 5.71 Å². The molecule has 0 aliphatic carbocycles. The lowest BCUT2D eigenvalue weighted by Gasteiger charge is -2.06. The molecule has 23 heavy (non-hydrogen) atoms. The molecule has 0 amide bonds. The van der Waals surface area contributed by atoms with E-state index in [4.69, 9.17) is 22.0 Å². The Hall–Kier alpha value is -2.54. The average Bonchev–Trinajstić information content (AvgIpc) is 3.01. The Morgan fingerprint density at radius 2 is 2.22 bits per heavy atom. The molecule has 6 nitrogen and oxygen atoms in total. The third-order valence-corrected chi connectivity index (χ3v) is 3.34. The molecule has 0 bridgehead atoms. The molecule has 2 rings (SSSR count). The molecular weight excluding hydrogens is 310 g/mol. The topological polar surface area (TPSA) is 86.3 Å². The molecule has 0 saturated heterocycles. The Morgan fingerprint density at radius 3 is 2.91 bits per heavy atom. The molecule has 3 N–H and O–H groups in total. The first-order chi connectivity index (χ1) is 11.0. The minimum Gasteiger partial charge on any atom is -0.443 e. The number of thiocarbonyl (C=S) groups is 1. The van der Waals surface area contributed by atoms with Crippen LogP contribution in [-0.2, 0) is 0 Å². The summed E-state index contributed by atoms with van der Waals surface area (Å²) in [6.45, 7) is 6.37. The third-order valence-electron chi connectivity index (χ3n) is 3.11. The van der Waals surface area contributed by atoms with Crippen molar-refractivity contribution in [2.75, 3.05) is 6.54 Å². The number of hydrogen-bond donors (Lipinski definition) is 3. The Morgan fingerprint density at radius 1 is 1.43 bits per heavy atom. The number of hydrazone groups is 1. The van der Waals surface area contributed by atoms with Crippen LogP contribution in [0.25, 0.3) is 11.3 Å². The molecule has 0 atom stereocenters. The highest BCUT2D eigenvalue weighted by Gasteiger charge is 2.17. The summed E-state index contributed by atoms with van der Waals surface area (Å²) >= 11 is 5.04. The predicted molar refractivity (Wildman–Crippen MR) is 96.0 cm³/mol. The molecule has 120 valence electrons. The van der Waals surface area contributed by atoms with Gasteiger partial charge in [-0.25, -0.2) is 4.98 Å². The summed E-state index contributed by atoms with van der Waals surface area (Å²) in [6.07, 6.45) is 1.34. The van der Waals surface area contributed by atoms with Gasteiger partial charge in [0.05, 0.1) is 5.71 Å². The zero-order chi connectivity index (χ0) is 16.8. The summed E-state index contributed by atoms with van der Waals surface area (Å²) in [7, 11) is 0. The van der Waals surface area contributed by atoms with Crippen LogP contribution in [0.5, 0.6) is 0 Å². The fourth-order valence-corrected chi connectivity index (χ4v) is 2.17. The molecule has 0 radical (unpaired) electrons. The number of nitrogens with one attached hydrogen (secondary N) is 3. The van der Waals surface area contributed by atoms with Crippen molar-refractivity contribution in [2.24, 2.45) is 5.10 Å². The first-order valence-corrected chi connectivity index (χ1v) is 7.61. The SMILES string of the molecule is CCNC(=S)N/N=C(\C)C(=N)c1ncoc1-c1cccc(C)c1. The van der Waals surface area contributed by atoms with Gasteiger partial charge < -0.3 is 9.73 Å². The molecule has 1 aromatic heterocycles. The van der Waals surface area contributed by atoms with E-state index in [0.717, 1.165) is 11.1 Å². The van der Waals surface area contributed by atoms with Gasteiger partial charge in [0.25, 0.3) is 0 Å². The average molecular weight is 329 g/mol. The van der Waals surface area contributed by atoms with Gasteiger partial charge in [-0.2, -0.15) is 5.10 Å². The molecule has 0 fully saturated rings. The van der Waals surface area contributed by atoms with Gasteiger partial charge in [0.1, 0.15) is 11.4 Å². The second-order valence-corrected chi connectivity index (χ2v) is 5.35. The Kier molecular flexibility index (Phi) is 5.59. The maximum absolute atomic E-state index is 8.29. The first-order valence-electron chi connectivity index (χ1n) is 7.20. The fraction of sp³-hybridized carbons (Fsp3) is 0.250. The van der Waals surface area contributed by atoms with Gasteiger partial charge in [-0.05, 0) is 39.1 Å². The zero-order valence-electron chi connectivity index (χ0n) is 13.3. The molecule has 0 aliphatic heterocycles. The summed E-state index contributed by atoms with van der Waals surface area (Å²) < 4.78 is 5.48. The van der Waals surface area contributed by atoms with Crippen LogP contribution in [0.1, 0.15) is 25.1 Å². The number of rotatable bonds is 5. The van der Waals surface area contributed by atoms with Crippen LogP contribution in [0.3, 0.4) is 0 Å². The molecule has 0 unspecified atom stereocenters. The van der Waals surface area contributed by atoms with E-state index in [1.165, 1.54) is 6.39 Å². The summed E-state index contributed by atoms with van der Waals surface area (Å²) in [5.74, 6) is 0.558. The van der Waals surface area contributed by atoms with Gasteiger partial charge in [0, 0.05) is 12.1 Å². The molecule has 1 aromatic carbocycles. The van der Waals surface area contributed by atoms with Crippen molar-refractivity contribution in [3.8, 4) is 11.3 Å². The Balaban J connectivity index is 2.22. The van der Waals surface area contributed by atoms with E-state index in [1.807, 2.05) is 38.1 Å². The van der Waals surface area contributed by atoms with E-state index >= 15 is 0 Å². The molecular formula is C16H19N5OS. The summed E-state index contributed by atoms with van der Waals surface area (Å²) in [6, 6.07) is 7.86. The van der Waals surface area contributed by atoms with E-state index in [1.54, 1.807) is 6.92 Å². The summed E-state index contributed by atoms with van der Waals surface area (Å²) in [4.78, 5) is 4.16. The van der Waals surface area contributed by atoms with E-state index in [0.29, 0.717) is 28.8 Å². The summed E-state index contributed by atoms with van der Waals surface area (Å²) in [5.41, 5.74) is 5.80. The lowest BCUT2D eigenvalue weighted by molar-refractivity contribution is 0.572. The van der Waals surface area contributed by atoms with Crippen molar-refractivity contribution in [3.05, 3.63) is 41.9 Å². The zero-order valence-corrected chi connectivity index (χ0v) is 14.1. The van der Waals surface area contributed by atoms with Crippen molar-refractivity contribution in [3.63, 3.8) is 0 Å². The highest BCUT2D eigenvalue weighted by atomic mass is 32.1. The molecule has 1 heterocycles. The van der Waals surface area contributed by atoms with Crippen molar-refractivity contribution in [2.45, 2.75) is 20.8 Å². The lowest BCUT2D eigenvalue weighted by Crippen LogP contribution is -2.32. The number of aryl methyl sites for hydroxylation is 1. The second-order valence-electron chi connectivity index (χ2n) is 4.94. The minimum atomic E-state index is 0.182. The van der Waals surface area contributed by atoms with Gasteiger partial charge in [-0.3, -0.25) is 10.8 Å². The Labute approximate surface area is 140 Å². The van der Waals surface area contributed by atoms with Crippen molar-refractivity contribution < 1.29 is 4.42 Å². The van der Waals surface area contributed by atoms with Crippen LogP contribution in [0.4, 0.5) is 0 Å². The molecule has 0 saturated carbocycles. The fourth-order valence-electron chi connectivity index (χ4n) is 1.98. The van der Waals surface area contributed by atoms with Gasteiger partial charge >= 0.3 is 0 Å². The molecule has 7 heteroatoms. The lowest BCUT2D eigenvalue weighted by atomic mass is 10.0. The summed E-state index contributed by atoms with van der Waals surface area (Å²) in [5, 5.41) is 15.7. The van der Waals surface area contributed by atoms with Crippen LogP contribution < -0.4 is 10.7 Å². The maximum Gasteiger partial charge on any atom is 0.186 e. The normalized spacial score (nSPS) is 11.2. The molecule has 2 aromatic rings. The number of nitrogens with zero attached hydrogens (tertiary/aromatic N) is 2. The minimum absolute atomic E-state index is 0.182. The quantitative estimate of drug-likeness (QED) is 0.446. The third kappa shape index (κ3) is 4.23. The van der Waals surface area contributed by atoms with Crippen LogP contribution in [0.15, 0.2) is 40.2 Å². The second kappa shape index (κ2) is 7.64. The number of aromatic nitrogens is 1. The number of hydrogen-bond acceptors (Lipinski definition) is 5. The van der Waals surface area contributed by atoms with Crippen molar-refractivity contribution in [1.29, 1.82) is 5.41 Å². The van der Waals surface area contributed by atoms with E-state index in [2.05, 4.69) is 20.8 Å². The molecule has 0 aliphatic rings. The largest absolute Gasteiger partial charge is 0.443 e. The van der Waals surface area contributed by atoms with Crippen LogP contribution in [0.2, 0.25) is 0 Å². The Bertz CT molecular complexity index is 750. The predicted octanol–water partition coefficient (Wildman–Crippen LogP) is 2.88. The van der Waals surface area contributed by atoms with Gasteiger partial charge in [0.2, 0.25) is 0 Å². The highest BCUT2D eigenvalue weighted by molar-refractivity contribution is 7.80. The van der Waals surface area contributed by atoms with Crippen molar-refractivity contribution in [1.82, 2.24) is 15.7 Å². The van der Waals surface area contributed by atoms with E-state index < -0.39 is 0 Å². The van der Waals surface area contributed by atoms with Gasteiger partial charge in [0.15, 0.2) is 17.3 Å². The maximum atomic E-state index is 8.29. The van der Waals surface area contributed by atoms with Crippen LogP contribution >= 0.6 is 12.2 Å². The molecule has 0 spiro atoms. The van der Waals surface area contributed by atoms with E-state index in [9.17, 15) is 0 Å². The van der Waals surface area contributed by atoms with Crippen LogP contribution in [0, 0.1) is 12.3 Å². The van der Waals surface area contributed by atoms with Gasteiger partial charge in [-0.1, -0.05) is 23.8 Å². The highest BCUT2D eigenvalue weighted by Crippen LogP contribution is 2.24. The standard InChI is InChI=1S/C16H19N5OS/c1-4-18-16(23)21-20-11(3)13(17)14-15(22-9-19-14)12-7-5-6-10(2)8-12/h5-9,17H,4H2,1-3H3,(H2,18,21,23)/b17-13?,20-11+. The monoisotopic (exact) mass is 329 g/mol.